The van der Waals surface area contributed by atoms with Gasteiger partial charge in [-0.25, -0.2) is 4.98 Å². The number of alkyl halides is 3. The predicted molar refractivity (Wildman–Crippen MR) is 127 cm³/mol. The summed E-state index contributed by atoms with van der Waals surface area (Å²) in [6.45, 7) is 3.18. The summed E-state index contributed by atoms with van der Waals surface area (Å²) in [7, 11) is 5.64. The molecule has 2 heterocycles. The van der Waals surface area contributed by atoms with E-state index in [1.165, 1.54) is 12.1 Å². The van der Waals surface area contributed by atoms with E-state index in [-0.39, 0.29) is 24.0 Å². The molecule has 11 heteroatoms. The highest BCUT2D eigenvalue weighted by molar-refractivity contribution is 14.0. The average molecular weight is 554 g/mol. The molecule has 3 rings (SSSR count). The maximum absolute atomic E-state index is 13.0. The van der Waals surface area contributed by atoms with Gasteiger partial charge in [0.15, 0.2) is 11.1 Å². The van der Waals surface area contributed by atoms with Gasteiger partial charge in [-0.3, -0.25) is 4.99 Å². The van der Waals surface area contributed by atoms with Crippen molar-refractivity contribution in [1.82, 2.24) is 15.2 Å². The summed E-state index contributed by atoms with van der Waals surface area (Å²) in [5.74, 6) is 0.771. The van der Waals surface area contributed by atoms with Crippen LogP contribution in [0.15, 0.2) is 34.6 Å². The molecule has 0 radical (unpaired) electrons. The summed E-state index contributed by atoms with van der Waals surface area (Å²) < 4.78 is 38.9. The van der Waals surface area contributed by atoms with Gasteiger partial charge in [0.05, 0.1) is 17.8 Å². The number of benzene rings is 1. The minimum absolute atomic E-state index is 0. The number of aromatic nitrogens is 1. The lowest BCUT2D eigenvalue weighted by Crippen LogP contribution is -2.52. The van der Waals surface area contributed by atoms with Gasteiger partial charge in [-0.05, 0) is 18.2 Å². The number of hydrogen-bond donors (Lipinski definition) is 1. The number of aliphatic imine (C=N–C) groups is 1. The number of thiazole rings is 1. The van der Waals surface area contributed by atoms with E-state index >= 15 is 0 Å². The Bertz CT molecular complexity index is 847. The Kier molecular flexibility index (Phi) is 8.59. The van der Waals surface area contributed by atoms with Gasteiger partial charge in [0, 0.05) is 58.4 Å². The Balaban J connectivity index is 0.00000320. The summed E-state index contributed by atoms with van der Waals surface area (Å²) in [4.78, 5) is 14.9. The van der Waals surface area contributed by atoms with E-state index < -0.39 is 11.7 Å². The van der Waals surface area contributed by atoms with Crippen LogP contribution < -0.4 is 15.1 Å². The Morgan fingerprint density at radius 1 is 1.23 bits per heavy atom. The van der Waals surface area contributed by atoms with Crippen molar-refractivity contribution in [3.63, 3.8) is 0 Å². The number of halogens is 4. The standard InChI is InChI=1S/C19H25F3N6S.HI/c1-23-17(24-12-15-13-29-18(25-15)26(2)3)28-9-7-27(8-10-28)16-6-4-5-14(11-16)19(20,21)22;/h4-6,11,13H,7-10,12H2,1-3H3,(H,23,24);1H. The minimum atomic E-state index is -4.33. The van der Waals surface area contributed by atoms with Crippen molar-refractivity contribution < 1.29 is 13.2 Å². The monoisotopic (exact) mass is 554 g/mol. The van der Waals surface area contributed by atoms with Crippen molar-refractivity contribution in [2.24, 2.45) is 4.99 Å². The van der Waals surface area contributed by atoms with Crippen LogP contribution in [-0.2, 0) is 12.7 Å². The molecule has 0 saturated carbocycles. The summed E-state index contributed by atoms with van der Waals surface area (Å²) in [6, 6.07) is 5.50. The van der Waals surface area contributed by atoms with E-state index in [1.807, 2.05) is 29.3 Å². The van der Waals surface area contributed by atoms with Crippen LogP contribution in [0.1, 0.15) is 11.3 Å². The van der Waals surface area contributed by atoms with Crippen molar-refractivity contribution in [3.8, 4) is 0 Å². The molecule has 0 unspecified atom stereocenters. The molecule has 1 aliphatic rings. The van der Waals surface area contributed by atoms with E-state index in [0.717, 1.165) is 22.9 Å². The summed E-state index contributed by atoms with van der Waals surface area (Å²) >= 11 is 1.59. The average Bonchev–Trinajstić information content (AvgIpc) is 3.18. The van der Waals surface area contributed by atoms with Crippen LogP contribution in [0.3, 0.4) is 0 Å². The summed E-state index contributed by atoms with van der Waals surface area (Å²) in [5.41, 5.74) is 0.929. The third kappa shape index (κ3) is 6.13. The van der Waals surface area contributed by atoms with Crippen LogP contribution >= 0.6 is 35.3 Å². The Morgan fingerprint density at radius 3 is 2.50 bits per heavy atom. The smallest absolute Gasteiger partial charge is 0.368 e. The first-order valence-electron chi connectivity index (χ1n) is 9.27. The zero-order chi connectivity index (χ0) is 21.0. The zero-order valence-corrected chi connectivity index (χ0v) is 20.3. The minimum Gasteiger partial charge on any atom is -0.368 e. The van der Waals surface area contributed by atoms with E-state index in [2.05, 4.69) is 20.2 Å². The van der Waals surface area contributed by atoms with Crippen LogP contribution in [0.25, 0.3) is 0 Å². The normalized spacial score (nSPS) is 15.1. The molecule has 6 nitrogen and oxygen atoms in total. The topological polar surface area (TPSA) is 47.0 Å². The maximum atomic E-state index is 13.0. The lowest BCUT2D eigenvalue weighted by molar-refractivity contribution is -0.137. The largest absolute Gasteiger partial charge is 0.416 e. The molecule has 1 aromatic heterocycles. The van der Waals surface area contributed by atoms with Crippen molar-refractivity contribution in [1.29, 1.82) is 0 Å². The van der Waals surface area contributed by atoms with E-state index in [4.69, 9.17) is 0 Å². The van der Waals surface area contributed by atoms with E-state index in [0.29, 0.717) is 38.4 Å². The van der Waals surface area contributed by atoms with Crippen molar-refractivity contribution in [2.75, 3.05) is 57.1 Å². The molecule has 0 amide bonds. The van der Waals surface area contributed by atoms with Crippen molar-refractivity contribution >= 4 is 52.1 Å². The van der Waals surface area contributed by atoms with Crippen molar-refractivity contribution in [2.45, 2.75) is 12.7 Å². The lowest BCUT2D eigenvalue weighted by Gasteiger charge is -2.37. The predicted octanol–water partition coefficient (Wildman–Crippen LogP) is 3.74. The number of nitrogens with one attached hydrogen (secondary N) is 1. The fourth-order valence-corrected chi connectivity index (χ4v) is 3.90. The molecule has 0 spiro atoms. The summed E-state index contributed by atoms with van der Waals surface area (Å²) in [6.07, 6.45) is -4.33. The molecule has 0 bridgehead atoms. The Morgan fingerprint density at radius 2 is 1.93 bits per heavy atom. The molecule has 1 saturated heterocycles. The fourth-order valence-electron chi connectivity index (χ4n) is 3.14. The quantitative estimate of drug-likeness (QED) is 0.355. The first kappa shape index (κ1) is 24.5. The fraction of sp³-hybridized carbons (Fsp3) is 0.474. The molecule has 166 valence electrons. The second-order valence-corrected chi connectivity index (χ2v) is 7.78. The second-order valence-electron chi connectivity index (χ2n) is 6.94. The first-order chi connectivity index (χ1) is 13.8. The zero-order valence-electron chi connectivity index (χ0n) is 17.1. The third-order valence-corrected chi connectivity index (χ3v) is 5.74. The number of anilines is 2. The van der Waals surface area contributed by atoms with Gasteiger partial charge in [-0.2, -0.15) is 13.2 Å². The molecule has 2 aromatic rings. The highest BCUT2D eigenvalue weighted by atomic mass is 127. The van der Waals surface area contributed by atoms with Gasteiger partial charge >= 0.3 is 6.18 Å². The van der Waals surface area contributed by atoms with E-state index in [1.54, 1.807) is 24.5 Å². The van der Waals surface area contributed by atoms with Crippen LogP contribution in [-0.4, -0.2) is 63.2 Å². The molecule has 1 fully saturated rings. The van der Waals surface area contributed by atoms with Crippen molar-refractivity contribution in [3.05, 3.63) is 40.9 Å². The van der Waals surface area contributed by atoms with Gasteiger partial charge in [0.25, 0.3) is 0 Å². The molecule has 0 aliphatic carbocycles. The van der Waals surface area contributed by atoms with E-state index in [9.17, 15) is 13.2 Å². The van der Waals surface area contributed by atoms with Gasteiger partial charge in [-0.15, -0.1) is 35.3 Å². The maximum Gasteiger partial charge on any atom is 0.416 e. The highest BCUT2D eigenvalue weighted by Crippen LogP contribution is 2.31. The van der Waals surface area contributed by atoms with Gasteiger partial charge in [-0.1, -0.05) is 6.07 Å². The Hall–Kier alpha value is -1.76. The lowest BCUT2D eigenvalue weighted by atomic mass is 10.1. The van der Waals surface area contributed by atoms with Gasteiger partial charge < -0.3 is 20.0 Å². The number of guanidine groups is 1. The molecule has 0 atom stereocenters. The third-order valence-electron chi connectivity index (χ3n) is 4.68. The molecular formula is C19H26F3IN6S. The van der Waals surface area contributed by atoms with Crippen LogP contribution in [0.4, 0.5) is 24.0 Å². The number of hydrogen-bond acceptors (Lipinski definition) is 5. The SMILES string of the molecule is CN=C(NCc1csc(N(C)C)n1)N1CCN(c2cccc(C(F)(F)F)c2)CC1.I. The molecule has 30 heavy (non-hydrogen) atoms. The molecular weight excluding hydrogens is 528 g/mol. The number of nitrogens with zero attached hydrogens (tertiary/aromatic N) is 5. The Labute approximate surface area is 195 Å². The molecule has 1 aromatic carbocycles. The highest BCUT2D eigenvalue weighted by Gasteiger charge is 2.31. The van der Waals surface area contributed by atoms with Crippen LogP contribution in [0, 0.1) is 0 Å². The van der Waals surface area contributed by atoms with Crippen LogP contribution in [0.5, 0.6) is 0 Å². The molecule has 1 aliphatic heterocycles. The van der Waals surface area contributed by atoms with Gasteiger partial charge in [0.2, 0.25) is 0 Å². The van der Waals surface area contributed by atoms with Gasteiger partial charge in [0.1, 0.15) is 0 Å². The number of rotatable bonds is 4. The first-order valence-corrected chi connectivity index (χ1v) is 10.2. The second kappa shape index (κ2) is 10.5. The number of piperazine rings is 1. The molecule has 1 N–H and O–H groups in total. The summed E-state index contributed by atoms with van der Waals surface area (Å²) in [5, 5.41) is 6.29. The van der Waals surface area contributed by atoms with Crippen LogP contribution in [0.2, 0.25) is 0 Å².